The van der Waals surface area contributed by atoms with E-state index >= 15 is 0 Å². The fourth-order valence-electron chi connectivity index (χ4n) is 2.97. The Bertz CT molecular complexity index is 409. The van der Waals surface area contributed by atoms with Gasteiger partial charge in [-0.15, -0.1) is 0 Å². The largest absolute Gasteiger partial charge is 0.324 e. The molecule has 0 saturated carbocycles. The fourth-order valence-corrected chi connectivity index (χ4v) is 2.97. The lowest BCUT2D eigenvalue weighted by Crippen LogP contribution is -2.34. The Morgan fingerprint density at radius 1 is 1.05 bits per heavy atom. The zero-order valence-corrected chi connectivity index (χ0v) is 13.6. The maximum atomic E-state index is 6.63. The molecule has 0 spiro atoms. The molecule has 2 atom stereocenters. The first kappa shape index (κ1) is 16.2. The first-order valence-electron chi connectivity index (χ1n) is 7.28. The minimum atomic E-state index is 0.103. The molecule has 3 N–H and O–H groups in total. The van der Waals surface area contributed by atoms with Gasteiger partial charge in [0.2, 0.25) is 0 Å². The maximum absolute atomic E-state index is 6.63. The molecule has 0 saturated heterocycles. The van der Waals surface area contributed by atoms with Crippen LogP contribution in [0.3, 0.4) is 0 Å². The second kappa shape index (κ2) is 6.53. The molecule has 0 aromatic heterocycles. The van der Waals surface area contributed by atoms with Gasteiger partial charge in [-0.25, -0.2) is 0 Å². The molecule has 0 amide bonds. The average Bonchev–Trinajstić information content (AvgIpc) is 2.33. The highest BCUT2D eigenvalue weighted by Crippen LogP contribution is 2.32. The Morgan fingerprint density at radius 2 is 1.53 bits per heavy atom. The predicted octanol–water partition coefficient (Wildman–Crippen LogP) is 3.41. The van der Waals surface area contributed by atoms with Crippen molar-refractivity contribution < 1.29 is 0 Å². The number of aryl methyl sites for hydroxylation is 2. The van der Waals surface area contributed by atoms with Gasteiger partial charge in [-0.3, -0.25) is 0 Å². The van der Waals surface area contributed by atoms with Crippen molar-refractivity contribution in [3.8, 4) is 0 Å². The Labute approximate surface area is 118 Å². The molecule has 0 aliphatic heterocycles. The summed E-state index contributed by atoms with van der Waals surface area (Å²) in [6.45, 7) is 14.2. The van der Waals surface area contributed by atoms with Crippen molar-refractivity contribution in [1.82, 2.24) is 5.32 Å². The zero-order valence-electron chi connectivity index (χ0n) is 13.6. The van der Waals surface area contributed by atoms with Gasteiger partial charge >= 0.3 is 0 Å². The van der Waals surface area contributed by atoms with Crippen LogP contribution in [0.4, 0.5) is 0 Å². The van der Waals surface area contributed by atoms with E-state index in [-0.39, 0.29) is 6.04 Å². The summed E-state index contributed by atoms with van der Waals surface area (Å²) in [7, 11) is 2.00. The van der Waals surface area contributed by atoms with Crippen molar-refractivity contribution in [2.24, 2.45) is 17.6 Å². The SMILES string of the molecule is CNCC(C(C)C)C(N)c1c(C)c(C)cc(C)c1C. The van der Waals surface area contributed by atoms with E-state index in [0.29, 0.717) is 11.8 Å². The van der Waals surface area contributed by atoms with Crippen LogP contribution in [-0.4, -0.2) is 13.6 Å². The predicted molar refractivity (Wildman–Crippen MR) is 84.6 cm³/mol. The lowest BCUT2D eigenvalue weighted by Gasteiger charge is -2.31. The fraction of sp³-hybridized carbons (Fsp3) is 0.647. The van der Waals surface area contributed by atoms with Crippen LogP contribution in [0.15, 0.2) is 6.07 Å². The number of hydrogen-bond donors (Lipinski definition) is 2. The summed E-state index contributed by atoms with van der Waals surface area (Å²) in [5.41, 5.74) is 13.4. The van der Waals surface area contributed by atoms with E-state index in [1.54, 1.807) is 0 Å². The van der Waals surface area contributed by atoms with Gasteiger partial charge in [0.25, 0.3) is 0 Å². The van der Waals surface area contributed by atoms with Crippen LogP contribution in [0.5, 0.6) is 0 Å². The van der Waals surface area contributed by atoms with Crippen LogP contribution >= 0.6 is 0 Å². The third-order valence-electron chi connectivity index (χ3n) is 4.51. The summed E-state index contributed by atoms with van der Waals surface area (Å²) in [5.74, 6) is 1.03. The van der Waals surface area contributed by atoms with E-state index in [9.17, 15) is 0 Å². The van der Waals surface area contributed by atoms with E-state index in [1.165, 1.54) is 27.8 Å². The van der Waals surface area contributed by atoms with Crippen LogP contribution in [0.2, 0.25) is 0 Å². The molecule has 0 fully saturated rings. The number of benzene rings is 1. The molecular weight excluding hydrogens is 232 g/mol. The molecule has 1 rings (SSSR count). The third-order valence-corrected chi connectivity index (χ3v) is 4.51. The molecule has 2 unspecified atom stereocenters. The monoisotopic (exact) mass is 262 g/mol. The van der Waals surface area contributed by atoms with Crippen LogP contribution in [0, 0.1) is 39.5 Å². The molecule has 1 aromatic carbocycles. The minimum Gasteiger partial charge on any atom is -0.324 e. The smallest absolute Gasteiger partial charge is 0.0343 e. The molecule has 2 nitrogen and oxygen atoms in total. The first-order valence-corrected chi connectivity index (χ1v) is 7.28. The molecule has 0 radical (unpaired) electrons. The van der Waals surface area contributed by atoms with Crippen molar-refractivity contribution in [2.45, 2.75) is 47.6 Å². The van der Waals surface area contributed by atoms with Gasteiger partial charge in [-0.05, 0) is 80.9 Å². The Balaban J connectivity index is 3.28. The highest BCUT2D eigenvalue weighted by atomic mass is 14.8. The molecular formula is C17H30N2. The first-order chi connectivity index (χ1) is 8.81. The van der Waals surface area contributed by atoms with Gasteiger partial charge in [-0.1, -0.05) is 19.9 Å². The van der Waals surface area contributed by atoms with Gasteiger partial charge in [-0.2, -0.15) is 0 Å². The van der Waals surface area contributed by atoms with Gasteiger partial charge in [0.15, 0.2) is 0 Å². The summed E-state index contributed by atoms with van der Waals surface area (Å²) in [5, 5.41) is 3.29. The number of nitrogens with two attached hydrogens (primary N) is 1. The maximum Gasteiger partial charge on any atom is 0.0343 e. The topological polar surface area (TPSA) is 38.0 Å². The lowest BCUT2D eigenvalue weighted by molar-refractivity contribution is 0.313. The molecule has 2 heteroatoms. The summed E-state index contributed by atoms with van der Waals surface area (Å²) in [6.07, 6.45) is 0. The molecule has 1 aromatic rings. The quantitative estimate of drug-likeness (QED) is 0.853. The van der Waals surface area contributed by atoms with Crippen LogP contribution in [0.1, 0.15) is 47.7 Å². The van der Waals surface area contributed by atoms with Crippen molar-refractivity contribution >= 4 is 0 Å². The molecule has 19 heavy (non-hydrogen) atoms. The normalized spacial score (nSPS) is 14.8. The van der Waals surface area contributed by atoms with Gasteiger partial charge in [0.1, 0.15) is 0 Å². The summed E-state index contributed by atoms with van der Waals surface area (Å²) in [4.78, 5) is 0. The van der Waals surface area contributed by atoms with E-state index in [1.807, 2.05) is 7.05 Å². The zero-order chi connectivity index (χ0) is 14.7. The van der Waals surface area contributed by atoms with Crippen molar-refractivity contribution in [3.05, 3.63) is 33.9 Å². The Morgan fingerprint density at radius 3 is 1.89 bits per heavy atom. The lowest BCUT2D eigenvalue weighted by atomic mass is 9.80. The molecule has 0 bridgehead atoms. The Kier molecular flexibility index (Phi) is 5.57. The van der Waals surface area contributed by atoms with E-state index in [0.717, 1.165) is 6.54 Å². The van der Waals surface area contributed by atoms with Crippen molar-refractivity contribution in [1.29, 1.82) is 0 Å². The van der Waals surface area contributed by atoms with E-state index in [2.05, 4.69) is 52.9 Å². The Hall–Kier alpha value is -0.860. The number of rotatable bonds is 5. The molecule has 0 aliphatic rings. The summed E-state index contributed by atoms with van der Waals surface area (Å²) >= 11 is 0. The minimum absolute atomic E-state index is 0.103. The van der Waals surface area contributed by atoms with Gasteiger partial charge in [0.05, 0.1) is 0 Å². The van der Waals surface area contributed by atoms with Gasteiger partial charge < -0.3 is 11.1 Å². The van der Waals surface area contributed by atoms with E-state index < -0.39 is 0 Å². The number of nitrogens with one attached hydrogen (secondary N) is 1. The highest BCUT2D eigenvalue weighted by Gasteiger charge is 2.25. The molecule has 0 aliphatic carbocycles. The standard InChI is InChI=1S/C17H30N2/c1-10(2)15(9-19-7)17(18)16-13(5)11(3)8-12(4)14(16)6/h8,10,15,17,19H,9,18H2,1-7H3. The second-order valence-electron chi connectivity index (χ2n) is 6.17. The van der Waals surface area contributed by atoms with Crippen molar-refractivity contribution in [2.75, 3.05) is 13.6 Å². The summed E-state index contributed by atoms with van der Waals surface area (Å²) < 4.78 is 0. The van der Waals surface area contributed by atoms with E-state index in [4.69, 9.17) is 5.73 Å². The number of hydrogen-bond acceptors (Lipinski definition) is 2. The van der Waals surface area contributed by atoms with Crippen LogP contribution in [0.25, 0.3) is 0 Å². The van der Waals surface area contributed by atoms with Crippen LogP contribution in [-0.2, 0) is 0 Å². The van der Waals surface area contributed by atoms with Gasteiger partial charge in [0, 0.05) is 6.04 Å². The van der Waals surface area contributed by atoms with Crippen LogP contribution < -0.4 is 11.1 Å². The molecule has 108 valence electrons. The second-order valence-corrected chi connectivity index (χ2v) is 6.17. The molecule has 0 heterocycles. The highest BCUT2D eigenvalue weighted by molar-refractivity contribution is 5.45. The average molecular weight is 262 g/mol. The third kappa shape index (κ3) is 3.37. The summed E-state index contributed by atoms with van der Waals surface area (Å²) in [6, 6.07) is 2.37. The van der Waals surface area contributed by atoms with Crippen molar-refractivity contribution in [3.63, 3.8) is 0 Å².